The number of anilines is 3. The van der Waals surface area contributed by atoms with Crippen LogP contribution in [0.25, 0.3) is 0 Å². The highest BCUT2D eigenvalue weighted by Gasteiger charge is 2.36. The van der Waals surface area contributed by atoms with E-state index in [0.29, 0.717) is 23.5 Å². The Bertz CT molecular complexity index is 1300. The SMILES string of the molecule is CC(=O)Nc1cccc(NC(=O)c2cccc(S(=O)(=O)N3c4ccccc4CC3C)c2)c1. The van der Waals surface area contributed by atoms with Crippen LogP contribution in [0.15, 0.2) is 77.7 Å². The summed E-state index contributed by atoms with van der Waals surface area (Å²) < 4.78 is 28.3. The van der Waals surface area contributed by atoms with E-state index in [1.54, 1.807) is 42.5 Å². The molecule has 3 aromatic carbocycles. The van der Waals surface area contributed by atoms with Crippen LogP contribution >= 0.6 is 0 Å². The maximum absolute atomic E-state index is 13.4. The number of hydrogen-bond acceptors (Lipinski definition) is 4. The first-order chi connectivity index (χ1) is 15.3. The molecular weight excluding hydrogens is 426 g/mol. The molecule has 8 heteroatoms. The average Bonchev–Trinajstić information content (AvgIpc) is 3.10. The molecule has 2 N–H and O–H groups in total. The number of benzene rings is 3. The number of carbonyl (C=O) groups excluding carboxylic acids is 2. The summed E-state index contributed by atoms with van der Waals surface area (Å²) in [5, 5.41) is 5.40. The normalized spacial score (nSPS) is 15.2. The zero-order chi connectivity index (χ0) is 22.9. The summed E-state index contributed by atoms with van der Waals surface area (Å²) in [5.74, 6) is -0.666. The summed E-state index contributed by atoms with van der Waals surface area (Å²) in [5.41, 5.74) is 2.90. The van der Waals surface area contributed by atoms with Gasteiger partial charge in [-0.25, -0.2) is 8.42 Å². The summed E-state index contributed by atoms with van der Waals surface area (Å²) in [4.78, 5) is 24.1. The molecule has 164 valence electrons. The second kappa shape index (κ2) is 8.47. The van der Waals surface area contributed by atoms with E-state index in [4.69, 9.17) is 0 Å². The molecule has 32 heavy (non-hydrogen) atoms. The van der Waals surface area contributed by atoms with E-state index in [2.05, 4.69) is 10.6 Å². The highest BCUT2D eigenvalue weighted by Crippen LogP contribution is 2.36. The number of hydrogen-bond donors (Lipinski definition) is 2. The summed E-state index contributed by atoms with van der Waals surface area (Å²) in [7, 11) is -3.84. The van der Waals surface area contributed by atoms with Gasteiger partial charge in [0.2, 0.25) is 5.91 Å². The number of rotatable bonds is 5. The number of para-hydroxylation sites is 1. The molecular formula is C24H23N3O4S. The minimum absolute atomic E-state index is 0.0562. The molecule has 0 fully saturated rings. The van der Waals surface area contributed by atoms with Crippen LogP contribution in [0.4, 0.5) is 17.1 Å². The van der Waals surface area contributed by atoms with Gasteiger partial charge in [0.15, 0.2) is 0 Å². The minimum atomic E-state index is -3.84. The van der Waals surface area contributed by atoms with Gasteiger partial charge in [-0.2, -0.15) is 0 Å². The van der Waals surface area contributed by atoms with Crippen LogP contribution in [0.1, 0.15) is 29.8 Å². The third kappa shape index (κ3) is 4.22. The van der Waals surface area contributed by atoms with Crippen molar-refractivity contribution >= 4 is 38.9 Å². The Hall–Kier alpha value is -3.65. The number of fused-ring (bicyclic) bond motifs is 1. The van der Waals surface area contributed by atoms with E-state index >= 15 is 0 Å². The molecule has 0 saturated heterocycles. The molecule has 1 heterocycles. The maximum atomic E-state index is 13.4. The Morgan fingerprint density at radius 1 is 0.906 bits per heavy atom. The Balaban J connectivity index is 1.60. The number of amides is 2. The van der Waals surface area contributed by atoms with Gasteiger partial charge in [0.25, 0.3) is 15.9 Å². The fraction of sp³-hybridized carbons (Fsp3) is 0.167. The second-order valence-electron chi connectivity index (χ2n) is 7.73. The van der Waals surface area contributed by atoms with Crippen molar-refractivity contribution in [2.24, 2.45) is 0 Å². The van der Waals surface area contributed by atoms with Gasteiger partial charge in [0, 0.05) is 29.9 Å². The molecule has 1 unspecified atom stereocenters. The largest absolute Gasteiger partial charge is 0.326 e. The van der Waals surface area contributed by atoms with E-state index in [1.165, 1.54) is 23.4 Å². The molecule has 0 spiro atoms. The zero-order valence-corrected chi connectivity index (χ0v) is 18.5. The molecule has 1 atom stereocenters. The van der Waals surface area contributed by atoms with Gasteiger partial charge >= 0.3 is 0 Å². The van der Waals surface area contributed by atoms with E-state index in [-0.39, 0.29) is 22.4 Å². The minimum Gasteiger partial charge on any atom is -0.326 e. The predicted molar refractivity (Wildman–Crippen MR) is 124 cm³/mol. The van der Waals surface area contributed by atoms with E-state index < -0.39 is 15.9 Å². The fourth-order valence-corrected chi connectivity index (χ4v) is 5.63. The molecule has 2 amide bonds. The first kappa shape index (κ1) is 21.6. The molecule has 0 saturated carbocycles. The lowest BCUT2D eigenvalue weighted by Gasteiger charge is -2.24. The lowest BCUT2D eigenvalue weighted by Crippen LogP contribution is -2.35. The summed E-state index contributed by atoms with van der Waals surface area (Å²) >= 11 is 0. The fourth-order valence-electron chi connectivity index (χ4n) is 3.90. The van der Waals surface area contributed by atoms with Crippen LogP contribution < -0.4 is 14.9 Å². The van der Waals surface area contributed by atoms with Crippen LogP contribution in [0.2, 0.25) is 0 Å². The standard InChI is InChI=1S/C24H23N3O4S/c1-16-13-18-7-3-4-12-23(18)27(16)32(30,31)22-11-5-8-19(14-22)24(29)26-21-10-6-9-20(15-21)25-17(2)28/h3-12,14-16H,13H2,1-2H3,(H,25,28)(H,26,29). The van der Waals surface area contributed by atoms with Crippen molar-refractivity contribution in [3.63, 3.8) is 0 Å². The van der Waals surface area contributed by atoms with E-state index in [1.807, 2.05) is 25.1 Å². The van der Waals surface area contributed by atoms with Gasteiger partial charge in [-0.05, 0) is 61.4 Å². The Labute approximate surface area is 187 Å². The zero-order valence-electron chi connectivity index (χ0n) is 17.7. The number of nitrogens with zero attached hydrogens (tertiary/aromatic N) is 1. The second-order valence-corrected chi connectivity index (χ2v) is 9.54. The number of nitrogens with one attached hydrogen (secondary N) is 2. The molecule has 1 aliphatic heterocycles. The molecule has 0 aliphatic carbocycles. The van der Waals surface area contributed by atoms with E-state index in [9.17, 15) is 18.0 Å². The first-order valence-corrected chi connectivity index (χ1v) is 11.6. The summed E-state index contributed by atoms with van der Waals surface area (Å²) in [6.07, 6.45) is 0.639. The Morgan fingerprint density at radius 3 is 2.34 bits per heavy atom. The molecule has 1 aliphatic rings. The van der Waals surface area contributed by atoms with Gasteiger partial charge in [-0.3, -0.25) is 13.9 Å². The van der Waals surface area contributed by atoms with Crippen molar-refractivity contribution in [2.45, 2.75) is 31.2 Å². The highest BCUT2D eigenvalue weighted by molar-refractivity contribution is 7.92. The van der Waals surface area contributed by atoms with Gasteiger partial charge in [-0.15, -0.1) is 0 Å². The third-order valence-electron chi connectivity index (χ3n) is 5.24. The molecule has 4 rings (SSSR count). The average molecular weight is 450 g/mol. The van der Waals surface area contributed by atoms with Gasteiger partial charge in [0.05, 0.1) is 10.6 Å². The van der Waals surface area contributed by atoms with Crippen molar-refractivity contribution < 1.29 is 18.0 Å². The Morgan fingerprint density at radius 2 is 1.59 bits per heavy atom. The van der Waals surface area contributed by atoms with Crippen LogP contribution in [0, 0.1) is 0 Å². The highest BCUT2D eigenvalue weighted by atomic mass is 32.2. The molecule has 7 nitrogen and oxygen atoms in total. The van der Waals surface area contributed by atoms with Crippen LogP contribution in [0.5, 0.6) is 0 Å². The van der Waals surface area contributed by atoms with Crippen molar-refractivity contribution in [3.05, 3.63) is 83.9 Å². The van der Waals surface area contributed by atoms with E-state index in [0.717, 1.165) is 5.56 Å². The first-order valence-electron chi connectivity index (χ1n) is 10.2. The van der Waals surface area contributed by atoms with Crippen molar-refractivity contribution in [3.8, 4) is 0 Å². The lowest BCUT2D eigenvalue weighted by molar-refractivity contribution is -0.114. The summed E-state index contributed by atoms with van der Waals surface area (Å²) in [6, 6.07) is 20.0. The van der Waals surface area contributed by atoms with Crippen LogP contribution in [0.3, 0.4) is 0 Å². The third-order valence-corrected chi connectivity index (χ3v) is 7.16. The summed E-state index contributed by atoms with van der Waals surface area (Å²) in [6.45, 7) is 3.27. The Kier molecular flexibility index (Phi) is 5.71. The quantitative estimate of drug-likeness (QED) is 0.615. The lowest BCUT2D eigenvalue weighted by atomic mass is 10.1. The van der Waals surface area contributed by atoms with Gasteiger partial charge in [-0.1, -0.05) is 30.3 Å². The van der Waals surface area contributed by atoms with Crippen LogP contribution in [-0.4, -0.2) is 26.3 Å². The van der Waals surface area contributed by atoms with Crippen LogP contribution in [-0.2, 0) is 21.2 Å². The van der Waals surface area contributed by atoms with Gasteiger partial charge < -0.3 is 10.6 Å². The smallest absolute Gasteiger partial charge is 0.264 e. The monoisotopic (exact) mass is 449 g/mol. The van der Waals surface area contributed by atoms with Crippen molar-refractivity contribution in [1.29, 1.82) is 0 Å². The topological polar surface area (TPSA) is 95.6 Å². The predicted octanol–water partition coefficient (Wildman–Crippen LogP) is 4.04. The van der Waals surface area contributed by atoms with Gasteiger partial charge in [0.1, 0.15) is 0 Å². The molecule has 0 bridgehead atoms. The van der Waals surface area contributed by atoms with Crippen molar-refractivity contribution in [2.75, 3.05) is 14.9 Å². The number of carbonyl (C=O) groups is 2. The number of sulfonamides is 1. The maximum Gasteiger partial charge on any atom is 0.264 e. The van der Waals surface area contributed by atoms with Crippen molar-refractivity contribution in [1.82, 2.24) is 0 Å². The molecule has 3 aromatic rings. The molecule has 0 aromatic heterocycles. The molecule has 0 radical (unpaired) electrons.